The van der Waals surface area contributed by atoms with E-state index in [-0.39, 0.29) is 11.7 Å². The molecule has 0 saturated heterocycles. The summed E-state index contributed by atoms with van der Waals surface area (Å²) in [6, 6.07) is 7.62. The Labute approximate surface area is 125 Å². The number of nitrogens with zero attached hydrogens (tertiary/aromatic N) is 1. The largest absolute Gasteiger partial charge is 0.480 e. The lowest BCUT2D eigenvalue weighted by Gasteiger charge is -2.31. The number of likely N-dealkylation sites (N-methyl/N-ethyl adjacent to an activating group) is 1. The third-order valence-corrected chi connectivity index (χ3v) is 4.37. The number of carboxylic acids is 1. The van der Waals surface area contributed by atoms with Crippen molar-refractivity contribution in [1.82, 2.24) is 4.90 Å². The molecule has 0 unspecified atom stereocenters. The Kier molecular flexibility index (Phi) is 5.43. The highest BCUT2D eigenvalue weighted by molar-refractivity contribution is 9.10. The first-order chi connectivity index (χ1) is 8.75. The van der Waals surface area contributed by atoms with Crippen molar-refractivity contribution in [3.63, 3.8) is 0 Å². The van der Waals surface area contributed by atoms with Crippen molar-refractivity contribution in [2.45, 2.75) is 24.3 Å². The molecule has 0 aliphatic rings. The maximum absolute atomic E-state index is 12.0. The third kappa shape index (κ3) is 4.24. The Bertz CT molecular complexity index is 491. The van der Waals surface area contributed by atoms with E-state index < -0.39 is 11.5 Å². The molecule has 1 aromatic rings. The van der Waals surface area contributed by atoms with E-state index in [0.29, 0.717) is 0 Å². The molecule has 0 aliphatic heterocycles. The standard InChI is InChI=1S/C13H16BrNO3S/c1-13(2,12(17)18)15(3)11(16)8-19-10-6-4-5-9(14)7-10/h4-7H,8H2,1-3H3,(H,17,18). The fraction of sp³-hybridized carbons (Fsp3) is 0.385. The van der Waals surface area contributed by atoms with Crippen LogP contribution in [0.1, 0.15) is 13.8 Å². The molecule has 0 heterocycles. The molecule has 0 fully saturated rings. The Morgan fingerprint density at radius 3 is 2.58 bits per heavy atom. The van der Waals surface area contributed by atoms with E-state index in [9.17, 15) is 9.59 Å². The van der Waals surface area contributed by atoms with Gasteiger partial charge in [-0.3, -0.25) is 4.79 Å². The maximum atomic E-state index is 12.0. The second-order valence-corrected chi connectivity index (χ2v) is 6.53. The summed E-state index contributed by atoms with van der Waals surface area (Å²) in [5.74, 6) is -1.02. The lowest BCUT2D eigenvalue weighted by Crippen LogP contribution is -2.51. The van der Waals surface area contributed by atoms with Crippen LogP contribution in [0.2, 0.25) is 0 Å². The molecule has 0 spiro atoms. The van der Waals surface area contributed by atoms with Crippen LogP contribution in [0.25, 0.3) is 0 Å². The number of hydrogen-bond acceptors (Lipinski definition) is 3. The highest BCUT2D eigenvalue weighted by Crippen LogP contribution is 2.23. The molecule has 0 aromatic heterocycles. The molecule has 0 atom stereocenters. The van der Waals surface area contributed by atoms with E-state index in [1.54, 1.807) is 0 Å². The zero-order valence-corrected chi connectivity index (χ0v) is 13.4. The molecular formula is C13H16BrNO3S. The van der Waals surface area contributed by atoms with Crippen molar-refractivity contribution < 1.29 is 14.7 Å². The highest BCUT2D eigenvalue weighted by atomic mass is 79.9. The van der Waals surface area contributed by atoms with Gasteiger partial charge < -0.3 is 10.0 Å². The van der Waals surface area contributed by atoms with Gasteiger partial charge in [-0.25, -0.2) is 4.79 Å². The smallest absolute Gasteiger partial charge is 0.329 e. The number of carbonyl (C=O) groups is 2. The Morgan fingerprint density at radius 2 is 2.05 bits per heavy atom. The number of amides is 1. The molecular weight excluding hydrogens is 330 g/mol. The van der Waals surface area contributed by atoms with Crippen LogP contribution < -0.4 is 0 Å². The SMILES string of the molecule is CN(C(=O)CSc1cccc(Br)c1)C(C)(C)C(=O)O. The van der Waals surface area contributed by atoms with Gasteiger partial charge in [0.2, 0.25) is 5.91 Å². The number of rotatable bonds is 5. The van der Waals surface area contributed by atoms with Gasteiger partial charge in [-0.15, -0.1) is 11.8 Å². The Morgan fingerprint density at radius 1 is 1.42 bits per heavy atom. The summed E-state index contributed by atoms with van der Waals surface area (Å²) < 4.78 is 0.948. The lowest BCUT2D eigenvalue weighted by atomic mass is 10.0. The molecule has 1 N–H and O–H groups in total. The molecule has 104 valence electrons. The Hall–Kier alpha value is -1.01. The number of thioether (sulfide) groups is 1. The Balaban J connectivity index is 2.63. The van der Waals surface area contributed by atoms with Crippen molar-refractivity contribution in [1.29, 1.82) is 0 Å². The quantitative estimate of drug-likeness (QED) is 0.833. The average Bonchev–Trinajstić information content (AvgIpc) is 2.34. The molecule has 1 amide bonds. The minimum absolute atomic E-state index is 0.211. The van der Waals surface area contributed by atoms with Crippen molar-refractivity contribution in [2.75, 3.05) is 12.8 Å². The predicted molar refractivity (Wildman–Crippen MR) is 79.4 cm³/mol. The summed E-state index contributed by atoms with van der Waals surface area (Å²) in [6.07, 6.45) is 0. The van der Waals surface area contributed by atoms with Gasteiger partial charge in [0.05, 0.1) is 5.75 Å². The van der Waals surface area contributed by atoms with E-state index >= 15 is 0 Å². The number of benzene rings is 1. The zero-order valence-electron chi connectivity index (χ0n) is 11.0. The van der Waals surface area contributed by atoms with E-state index in [1.165, 1.54) is 37.6 Å². The number of carboxylic acid groups (broad SMARTS) is 1. The second kappa shape index (κ2) is 6.43. The molecule has 1 rings (SSSR count). The van der Waals surface area contributed by atoms with Gasteiger partial charge in [0.25, 0.3) is 0 Å². The molecule has 0 aliphatic carbocycles. The van der Waals surface area contributed by atoms with Crippen molar-refractivity contribution >= 4 is 39.6 Å². The van der Waals surface area contributed by atoms with Crippen LogP contribution in [0.15, 0.2) is 33.6 Å². The van der Waals surface area contributed by atoms with Gasteiger partial charge in [-0.2, -0.15) is 0 Å². The van der Waals surface area contributed by atoms with Gasteiger partial charge in [0.1, 0.15) is 5.54 Å². The molecule has 0 radical (unpaired) electrons. The number of carbonyl (C=O) groups excluding carboxylic acids is 1. The molecule has 4 nitrogen and oxygen atoms in total. The first-order valence-corrected chi connectivity index (χ1v) is 7.41. The summed E-state index contributed by atoms with van der Waals surface area (Å²) in [5, 5.41) is 9.08. The second-order valence-electron chi connectivity index (χ2n) is 4.56. The minimum atomic E-state index is -1.20. The van der Waals surface area contributed by atoms with Gasteiger partial charge in [-0.1, -0.05) is 22.0 Å². The van der Waals surface area contributed by atoms with E-state index in [1.807, 2.05) is 24.3 Å². The fourth-order valence-corrected chi connectivity index (χ4v) is 2.67. The van der Waals surface area contributed by atoms with E-state index in [2.05, 4.69) is 15.9 Å². The van der Waals surface area contributed by atoms with E-state index in [4.69, 9.17) is 5.11 Å². The van der Waals surface area contributed by atoms with Crippen LogP contribution in [-0.4, -0.2) is 40.2 Å². The van der Waals surface area contributed by atoms with Gasteiger partial charge >= 0.3 is 5.97 Å². The van der Waals surface area contributed by atoms with Crippen molar-refractivity contribution in [2.24, 2.45) is 0 Å². The number of hydrogen-bond donors (Lipinski definition) is 1. The van der Waals surface area contributed by atoms with Crippen LogP contribution in [0, 0.1) is 0 Å². The molecule has 0 saturated carbocycles. The molecule has 0 bridgehead atoms. The normalized spacial score (nSPS) is 11.2. The summed E-state index contributed by atoms with van der Waals surface area (Å²) in [5.41, 5.74) is -1.20. The topological polar surface area (TPSA) is 57.6 Å². The summed E-state index contributed by atoms with van der Waals surface area (Å²) in [4.78, 5) is 25.3. The first-order valence-electron chi connectivity index (χ1n) is 5.63. The van der Waals surface area contributed by atoms with Crippen LogP contribution in [-0.2, 0) is 9.59 Å². The summed E-state index contributed by atoms with van der Waals surface area (Å²) in [7, 11) is 1.51. The molecule has 6 heteroatoms. The third-order valence-electron chi connectivity index (χ3n) is 2.89. The zero-order chi connectivity index (χ0) is 14.6. The van der Waals surface area contributed by atoms with Crippen molar-refractivity contribution in [3.8, 4) is 0 Å². The van der Waals surface area contributed by atoms with Crippen LogP contribution in [0.4, 0.5) is 0 Å². The first kappa shape index (κ1) is 16.0. The molecule has 1 aromatic carbocycles. The lowest BCUT2D eigenvalue weighted by molar-refractivity contribution is -0.154. The highest BCUT2D eigenvalue weighted by Gasteiger charge is 2.34. The number of halogens is 1. The van der Waals surface area contributed by atoms with Crippen LogP contribution in [0.3, 0.4) is 0 Å². The maximum Gasteiger partial charge on any atom is 0.329 e. The predicted octanol–water partition coefficient (Wildman–Crippen LogP) is 2.86. The average molecular weight is 346 g/mol. The number of aliphatic carboxylic acids is 1. The monoisotopic (exact) mass is 345 g/mol. The minimum Gasteiger partial charge on any atom is -0.480 e. The van der Waals surface area contributed by atoms with E-state index in [0.717, 1.165) is 9.37 Å². The van der Waals surface area contributed by atoms with Crippen LogP contribution >= 0.6 is 27.7 Å². The van der Waals surface area contributed by atoms with Gasteiger partial charge in [-0.05, 0) is 32.0 Å². The van der Waals surface area contributed by atoms with Crippen LogP contribution in [0.5, 0.6) is 0 Å². The van der Waals surface area contributed by atoms with Gasteiger partial charge in [0.15, 0.2) is 0 Å². The van der Waals surface area contributed by atoms with Crippen molar-refractivity contribution in [3.05, 3.63) is 28.7 Å². The molecule has 19 heavy (non-hydrogen) atoms. The van der Waals surface area contributed by atoms with Gasteiger partial charge in [0, 0.05) is 16.4 Å². The summed E-state index contributed by atoms with van der Waals surface area (Å²) in [6.45, 7) is 3.02. The summed E-state index contributed by atoms with van der Waals surface area (Å²) >= 11 is 4.75. The fourth-order valence-electron chi connectivity index (χ4n) is 1.25.